The molecule has 0 aliphatic heterocycles. The van der Waals surface area contributed by atoms with Crippen molar-refractivity contribution in [1.29, 1.82) is 0 Å². The Labute approximate surface area is 103 Å². The predicted molar refractivity (Wildman–Crippen MR) is 75.4 cm³/mol. The number of hydrogen-bond acceptors (Lipinski definition) is 2. The predicted octanol–water partition coefficient (Wildman–Crippen LogP) is 3.48. The zero-order chi connectivity index (χ0) is 12.4. The molecule has 0 saturated carbocycles. The molecule has 0 spiro atoms. The Balaban J connectivity index is 3.72. The summed E-state index contributed by atoms with van der Waals surface area (Å²) in [6.07, 6.45) is 6.35. The molecule has 2 nitrogen and oxygen atoms in total. The van der Waals surface area contributed by atoms with Crippen LogP contribution < -0.4 is 0 Å². The van der Waals surface area contributed by atoms with Gasteiger partial charge in [-0.1, -0.05) is 26.7 Å². The quantitative estimate of drug-likeness (QED) is 0.596. The van der Waals surface area contributed by atoms with Crippen molar-refractivity contribution in [2.75, 3.05) is 19.6 Å². The van der Waals surface area contributed by atoms with Crippen molar-refractivity contribution in [2.24, 2.45) is 0 Å². The van der Waals surface area contributed by atoms with E-state index in [1.165, 1.54) is 51.7 Å². The number of rotatable bonds is 10. The van der Waals surface area contributed by atoms with Crippen LogP contribution in [0.25, 0.3) is 0 Å². The molecule has 0 atom stereocenters. The summed E-state index contributed by atoms with van der Waals surface area (Å²) in [5, 5.41) is 0. The molecule has 98 valence electrons. The summed E-state index contributed by atoms with van der Waals surface area (Å²) in [5.74, 6) is 0. The summed E-state index contributed by atoms with van der Waals surface area (Å²) in [6, 6.07) is 1.04. The molecule has 0 rings (SSSR count). The molecule has 0 aromatic rings. The number of hydrogen-bond donors (Lipinski definition) is 1. The van der Waals surface area contributed by atoms with E-state index >= 15 is 0 Å². The van der Waals surface area contributed by atoms with Gasteiger partial charge >= 0.3 is 0 Å². The molecule has 0 aromatic heterocycles. The third-order valence-corrected chi connectivity index (χ3v) is 4.50. The first-order valence-electron chi connectivity index (χ1n) is 6.94. The Morgan fingerprint density at radius 2 is 1.31 bits per heavy atom. The highest BCUT2D eigenvalue weighted by Crippen LogP contribution is 2.09. The van der Waals surface area contributed by atoms with E-state index in [9.17, 15) is 4.80 Å². The van der Waals surface area contributed by atoms with E-state index in [1.807, 2.05) is 13.1 Å². The maximum atomic E-state index is 9.80. The standard InChI is InChI=1S/C13H31NOSi/c1-5-7-10-14(11-8-6-2)12-9-13-16(3,4)15/h15H,5-13H2,1-4H3. The minimum atomic E-state index is -1.81. The normalized spacial score (nSPS) is 12.4. The lowest BCUT2D eigenvalue weighted by Gasteiger charge is -2.23. The molecular formula is C13H31NOSi. The molecule has 0 saturated heterocycles. The monoisotopic (exact) mass is 245 g/mol. The summed E-state index contributed by atoms with van der Waals surface area (Å²) in [5.41, 5.74) is 0. The Morgan fingerprint density at radius 1 is 0.875 bits per heavy atom. The van der Waals surface area contributed by atoms with Gasteiger partial charge in [-0.05, 0) is 58.0 Å². The first kappa shape index (κ1) is 16.1. The Kier molecular flexibility index (Phi) is 9.28. The maximum absolute atomic E-state index is 9.80. The second-order valence-corrected chi connectivity index (χ2v) is 9.59. The van der Waals surface area contributed by atoms with E-state index in [1.54, 1.807) is 0 Å². The molecule has 1 N–H and O–H groups in total. The van der Waals surface area contributed by atoms with Crippen LogP contribution in [0, 0.1) is 0 Å². The van der Waals surface area contributed by atoms with Crippen molar-refractivity contribution in [3.05, 3.63) is 0 Å². The van der Waals surface area contributed by atoms with Gasteiger partial charge in [-0.15, -0.1) is 0 Å². The van der Waals surface area contributed by atoms with Gasteiger partial charge in [0, 0.05) is 0 Å². The van der Waals surface area contributed by atoms with Crippen molar-refractivity contribution in [1.82, 2.24) is 4.90 Å². The van der Waals surface area contributed by atoms with Gasteiger partial charge in [-0.3, -0.25) is 0 Å². The molecule has 16 heavy (non-hydrogen) atoms. The first-order chi connectivity index (χ1) is 7.49. The van der Waals surface area contributed by atoms with Crippen molar-refractivity contribution >= 4 is 8.32 Å². The fraction of sp³-hybridized carbons (Fsp3) is 1.00. The lowest BCUT2D eigenvalue weighted by atomic mass is 10.2. The summed E-state index contributed by atoms with van der Waals surface area (Å²) in [6.45, 7) is 12.2. The van der Waals surface area contributed by atoms with Gasteiger partial charge in [0.1, 0.15) is 0 Å². The molecule has 0 aromatic carbocycles. The zero-order valence-electron chi connectivity index (χ0n) is 11.8. The summed E-state index contributed by atoms with van der Waals surface area (Å²) in [7, 11) is -1.81. The Hall–Kier alpha value is 0.137. The molecule has 0 fully saturated rings. The molecule has 0 aliphatic carbocycles. The van der Waals surface area contributed by atoms with E-state index in [4.69, 9.17) is 0 Å². The lowest BCUT2D eigenvalue weighted by Crippen LogP contribution is -2.30. The SMILES string of the molecule is CCCCN(CCCC)CCC[Si](C)(C)O. The van der Waals surface area contributed by atoms with Crippen molar-refractivity contribution < 1.29 is 4.80 Å². The van der Waals surface area contributed by atoms with Crippen molar-refractivity contribution in [2.45, 2.75) is 65.1 Å². The molecule has 3 heteroatoms. The van der Waals surface area contributed by atoms with Crippen LogP contribution >= 0.6 is 0 Å². The molecule has 0 heterocycles. The smallest absolute Gasteiger partial charge is 0.182 e. The highest BCUT2D eigenvalue weighted by atomic mass is 28.4. The second-order valence-electron chi connectivity index (χ2n) is 5.46. The lowest BCUT2D eigenvalue weighted by molar-refractivity contribution is 0.264. The highest BCUT2D eigenvalue weighted by molar-refractivity contribution is 6.69. The van der Waals surface area contributed by atoms with Crippen LogP contribution in [0.3, 0.4) is 0 Å². The van der Waals surface area contributed by atoms with Crippen LogP contribution in [0.4, 0.5) is 0 Å². The molecule has 0 unspecified atom stereocenters. The zero-order valence-corrected chi connectivity index (χ0v) is 12.8. The first-order valence-corrected chi connectivity index (χ1v) is 10.1. The molecule has 0 amide bonds. The van der Waals surface area contributed by atoms with Crippen LogP contribution in [-0.4, -0.2) is 37.6 Å². The third-order valence-electron chi connectivity index (χ3n) is 2.92. The van der Waals surface area contributed by atoms with Crippen LogP contribution in [0.5, 0.6) is 0 Å². The molecule has 0 bridgehead atoms. The topological polar surface area (TPSA) is 23.5 Å². The summed E-state index contributed by atoms with van der Waals surface area (Å²) < 4.78 is 0. The molecule has 0 radical (unpaired) electrons. The van der Waals surface area contributed by atoms with Gasteiger partial charge in [-0.25, -0.2) is 0 Å². The average molecular weight is 245 g/mol. The van der Waals surface area contributed by atoms with Gasteiger partial charge in [0.15, 0.2) is 8.32 Å². The van der Waals surface area contributed by atoms with E-state index in [0.717, 1.165) is 6.04 Å². The Morgan fingerprint density at radius 3 is 1.69 bits per heavy atom. The molecular weight excluding hydrogens is 214 g/mol. The fourth-order valence-electron chi connectivity index (χ4n) is 1.83. The third kappa shape index (κ3) is 10.6. The minimum Gasteiger partial charge on any atom is -0.432 e. The van der Waals surface area contributed by atoms with Gasteiger partial charge in [0.25, 0.3) is 0 Å². The van der Waals surface area contributed by atoms with E-state index in [-0.39, 0.29) is 0 Å². The Bertz CT molecular complexity index is 149. The van der Waals surface area contributed by atoms with Crippen LogP contribution in [0.15, 0.2) is 0 Å². The second kappa shape index (κ2) is 9.20. The van der Waals surface area contributed by atoms with Gasteiger partial charge in [-0.2, -0.15) is 0 Å². The maximum Gasteiger partial charge on any atom is 0.182 e. The fourth-order valence-corrected chi connectivity index (χ4v) is 2.86. The van der Waals surface area contributed by atoms with Gasteiger partial charge in [0.2, 0.25) is 0 Å². The number of nitrogens with zero attached hydrogens (tertiary/aromatic N) is 1. The molecule has 0 aliphatic rings. The number of unbranched alkanes of at least 4 members (excludes halogenated alkanes) is 2. The van der Waals surface area contributed by atoms with E-state index in [0.29, 0.717) is 0 Å². The summed E-state index contributed by atoms with van der Waals surface area (Å²) >= 11 is 0. The van der Waals surface area contributed by atoms with Crippen LogP contribution in [-0.2, 0) is 0 Å². The average Bonchev–Trinajstić information content (AvgIpc) is 2.19. The van der Waals surface area contributed by atoms with Crippen LogP contribution in [0.2, 0.25) is 19.1 Å². The van der Waals surface area contributed by atoms with Crippen molar-refractivity contribution in [3.8, 4) is 0 Å². The van der Waals surface area contributed by atoms with E-state index in [2.05, 4.69) is 18.7 Å². The summed E-state index contributed by atoms with van der Waals surface area (Å²) in [4.78, 5) is 12.4. The minimum absolute atomic E-state index is 1.04. The highest BCUT2D eigenvalue weighted by Gasteiger charge is 2.16. The van der Waals surface area contributed by atoms with Gasteiger partial charge < -0.3 is 9.70 Å². The van der Waals surface area contributed by atoms with Gasteiger partial charge in [0.05, 0.1) is 0 Å². The van der Waals surface area contributed by atoms with E-state index < -0.39 is 8.32 Å². The van der Waals surface area contributed by atoms with Crippen molar-refractivity contribution in [3.63, 3.8) is 0 Å². The largest absolute Gasteiger partial charge is 0.432 e. The van der Waals surface area contributed by atoms with Crippen LogP contribution in [0.1, 0.15) is 46.0 Å².